The van der Waals surface area contributed by atoms with Crippen molar-refractivity contribution in [1.82, 2.24) is 9.88 Å². The van der Waals surface area contributed by atoms with Crippen LogP contribution < -0.4 is 5.32 Å². The summed E-state index contributed by atoms with van der Waals surface area (Å²) in [5, 5.41) is 3.35. The number of carbonyl (C=O) groups excluding carboxylic acids is 1. The number of amidine groups is 1. The summed E-state index contributed by atoms with van der Waals surface area (Å²) < 4.78 is 26.6. The Morgan fingerprint density at radius 2 is 2.22 bits per heavy atom. The van der Waals surface area contributed by atoms with E-state index in [-0.39, 0.29) is 11.7 Å². The standard InChI is InChI=1S/C14H16N4O3S2/c1-3-11-9(2)22-14(15-11)16-13(19)10-4-5-12-17-23(20,21)7-6-18(12)8-10/h4-5,8H,3,6-7H2,1-2H3,(H,15,16,19). The van der Waals surface area contributed by atoms with Gasteiger partial charge < -0.3 is 4.90 Å². The second kappa shape index (κ2) is 5.89. The molecule has 23 heavy (non-hydrogen) atoms. The molecule has 0 atom stereocenters. The lowest BCUT2D eigenvalue weighted by atomic mass is 10.2. The Bertz CT molecular complexity index is 849. The molecular formula is C14H16N4O3S2. The molecule has 9 heteroatoms. The van der Waals surface area contributed by atoms with Gasteiger partial charge in [0.15, 0.2) is 5.13 Å². The summed E-state index contributed by atoms with van der Waals surface area (Å²) in [6, 6.07) is 0. The van der Waals surface area contributed by atoms with Gasteiger partial charge in [0.25, 0.3) is 15.9 Å². The minimum Gasteiger partial charge on any atom is -0.330 e. The summed E-state index contributed by atoms with van der Waals surface area (Å²) in [7, 11) is -3.39. The minimum absolute atomic E-state index is 0.0543. The quantitative estimate of drug-likeness (QED) is 0.889. The lowest BCUT2D eigenvalue weighted by Crippen LogP contribution is -2.37. The normalized spacial score (nSPS) is 19.0. The molecule has 0 spiro atoms. The predicted molar refractivity (Wildman–Crippen MR) is 90.0 cm³/mol. The molecule has 0 saturated carbocycles. The van der Waals surface area contributed by atoms with E-state index in [9.17, 15) is 13.2 Å². The van der Waals surface area contributed by atoms with Gasteiger partial charge >= 0.3 is 0 Å². The van der Waals surface area contributed by atoms with Gasteiger partial charge in [-0.3, -0.25) is 10.1 Å². The lowest BCUT2D eigenvalue weighted by Gasteiger charge is -2.26. The molecule has 1 aromatic rings. The maximum absolute atomic E-state index is 12.3. The minimum atomic E-state index is -3.39. The fourth-order valence-electron chi connectivity index (χ4n) is 2.31. The molecule has 1 aromatic heterocycles. The van der Waals surface area contributed by atoms with Crippen molar-refractivity contribution in [3.63, 3.8) is 0 Å². The van der Waals surface area contributed by atoms with Crippen LogP contribution >= 0.6 is 11.3 Å². The number of sulfonamides is 1. The molecule has 7 nitrogen and oxygen atoms in total. The van der Waals surface area contributed by atoms with E-state index in [1.165, 1.54) is 17.4 Å². The first-order chi connectivity index (χ1) is 10.9. The number of hydrogen-bond acceptors (Lipinski definition) is 6. The van der Waals surface area contributed by atoms with Gasteiger partial charge in [-0.1, -0.05) is 6.92 Å². The van der Waals surface area contributed by atoms with Crippen molar-refractivity contribution in [2.45, 2.75) is 20.3 Å². The van der Waals surface area contributed by atoms with Crippen molar-refractivity contribution in [3.05, 3.63) is 34.5 Å². The highest BCUT2D eigenvalue weighted by molar-refractivity contribution is 7.90. The number of anilines is 1. The average Bonchev–Trinajstić information content (AvgIpc) is 2.85. The number of aryl methyl sites for hydroxylation is 2. The fraction of sp³-hybridized carbons (Fsp3) is 0.357. The van der Waals surface area contributed by atoms with Crippen molar-refractivity contribution in [1.29, 1.82) is 0 Å². The molecule has 0 fully saturated rings. The number of thiazole rings is 1. The third kappa shape index (κ3) is 3.35. The van der Waals surface area contributed by atoms with Gasteiger partial charge in [-0.25, -0.2) is 13.4 Å². The zero-order valence-corrected chi connectivity index (χ0v) is 14.4. The fourth-order valence-corrected chi connectivity index (χ4v) is 4.18. The number of nitrogens with zero attached hydrogens (tertiary/aromatic N) is 3. The van der Waals surface area contributed by atoms with Crippen LogP contribution in [0.4, 0.5) is 5.13 Å². The summed E-state index contributed by atoms with van der Waals surface area (Å²) in [4.78, 5) is 19.5. The van der Waals surface area contributed by atoms with E-state index in [1.807, 2.05) is 13.8 Å². The van der Waals surface area contributed by atoms with Crippen LogP contribution in [0.2, 0.25) is 0 Å². The summed E-state index contributed by atoms with van der Waals surface area (Å²) >= 11 is 1.44. The van der Waals surface area contributed by atoms with Crippen LogP contribution in [-0.2, 0) is 21.2 Å². The van der Waals surface area contributed by atoms with E-state index in [1.54, 1.807) is 17.2 Å². The van der Waals surface area contributed by atoms with Gasteiger partial charge in [0.1, 0.15) is 5.84 Å². The number of hydrogen-bond donors (Lipinski definition) is 1. The number of rotatable bonds is 3. The average molecular weight is 352 g/mol. The Labute approximate surface area is 138 Å². The van der Waals surface area contributed by atoms with Crippen LogP contribution in [0.15, 0.2) is 28.3 Å². The third-order valence-electron chi connectivity index (χ3n) is 3.53. The molecule has 0 bridgehead atoms. The van der Waals surface area contributed by atoms with Crippen LogP contribution in [0.5, 0.6) is 0 Å². The zero-order valence-electron chi connectivity index (χ0n) is 12.7. The topological polar surface area (TPSA) is 91.7 Å². The van der Waals surface area contributed by atoms with E-state index < -0.39 is 10.0 Å². The highest BCUT2D eigenvalue weighted by Crippen LogP contribution is 2.23. The Morgan fingerprint density at radius 1 is 1.43 bits per heavy atom. The van der Waals surface area contributed by atoms with Gasteiger partial charge in [-0.15, -0.1) is 15.7 Å². The zero-order chi connectivity index (χ0) is 16.6. The maximum atomic E-state index is 12.3. The Balaban J connectivity index is 1.77. The van der Waals surface area contributed by atoms with Crippen LogP contribution in [0.1, 0.15) is 17.5 Å². The summed E-state index contributed by atoms with van der Waals surface area (Å²) in [5.41, 5.74) is 1.42. The molecule has 122 valence electrons. The number of amides is 1. The Hall–Kier alpha value is -2.00. The second-order valence-corrected chi connectivity index (χ2v) is 8.13. The molecule has 3 heterocycles. The Morgan fingerprint density at radius 3 is 2.91 bits per heavy atom. The highest BCUT2D eigenvalue weighted by Gasteiger charge is 2.25. The lowest BCUT2D eigenvalue weighted by molar-refractivity contribution is -0.112. The van der Waals surface area contributed by atoms with Crippen molar-refractivity contribution in [3.8, 4) is 0 Å². The monoisotopic (exact) mass is 352 g/mol. The van der Waals surface area contributed by atoms with Crippen LogP contribution in [0, 0.1) is 6.92 Å². The van der Waals surface area contributed by atoms with Gasteiger partial charge in [0, 0.05) is 17.6 Å². The first-order valence-electron chi connectivity index (χ1n) is 7.15. The molecule has 0 saturated heterocycles. The largest absolute Gasteiger partial charge is 0.330 e. The summed E-state index contributed by atoms with van der Waals surface area (Å²) in [6.07, 6.45) is 5.54. The van der Waals surface area contributed by atoms with E-state index >= 15 is 0 Å². The molecule has 3 rings (SSSR count). The SMILES string of the molecule is CCc1nc(NC(=O)C2=CN3CCS(=O)(=O)N=C3C=C2)sc1C. The number of carbonyl (C=O) groups is 1. The van der Waals surface area contributed by atoms with Crippen LogP contribution in [0.25, 0.3) is 0 Å². The smallest absolute Gasteiger partial charge is 0.258 e. The van der Waals surface area contributed by atoms with E-state index in [4.69, 9.17) is 0 Å². The molecule has 1 N–H and O–H groups in total. The van der Waals surface area contributed by atoms with Crippen molar-refractivity contribution in [2.24, 2.45) is 4.40 Å². The van der Waals surface area contributed by atoms with Crippen LogP contribution in [-0.4, -0.2) is 42.3 Å². The van der Waals surface area contributed by atoms with Crippen LogP contribution in [0.3, 0.4) is 0 Å². The van der Waals surface area contributed by atoms with Gasteiger partial charge in [0.2, 0.25) is 0 Å². The maximum Gasteiger partial charge on any atom is 0.258 e. The Kier molecular flexibility index (Phi) is 4.07. The van der Waals surface area contributed by atoms with Gasteiger partial charge in [-0.2, -0.15) is 0 Å². The van der Waals surface area contributed by atoms with Gasteiger partial charge in [-0.05, 0) is 25.5 Å². The molecule has 0 aromatic carbocycles. The molecular weight excluding hydrogens is 336 g/mol. The molecule has 2 aliphatic heterocycles. The first-order valence-corrected chi connectivity index (χ1v) is 9.57. The van der Waals surface area contributed by atoms with Crippen molar-refractivity contribution < 1.29 is 13.2 Å². The van der Waals surface area contributed by atoms with Gasteiger partial charge in [0.05, 0.1) is 17.0 Å². The summed E-state index contributed by atoms with van der Waals surface area (Å²) in [6.45, 7) is 4.28. The third-order valence-corrected chi connectivity index (χ3v) is 5.63. The predicted octanol–water partition coefficient (Wildman–Crippen LogP) is 1.45. The second-order valence-electron chi connectivity index (χ2n) is 5.18. The number of aromatic nitrogens is 1. The number of fused-ring (bicyclic) bond motifs is 1. The molecule has 1 amide bonds. The molecule has 2 aliphatic rings. The number of nitrogens with one attached hydrogen (secondary N) is 1. The highest BCUT2D eigenvalue weighted by atomic mass is 32.2. The molecule has 0 aliphatic carbocycles. The van der Waals surface area contributed by atoms with Crippen molar-refractivity contribution >= 4 is 38.2 Å². The van der Waals surface area contributed by atoms with E-state index in [0.717, 1.165) is 17.0 Å². The summed E-state index contributed by atoms with van der Waals surface area (Å²) in [5.74, 6) is 0.0117. The van der Waals surface area contributed by atoms with Crippen molar-refractivity contribution in [2.75, 3.05) is 17.6 Å². The van der Waals surface area contributed by atoms with E-state index in [0.29, 0.717) is 23.1 Å². The first kappa shape index (κ1) is 15.9. The van der Waals surface area contributed by atoms with E-state index in [2.05, 4.69) is 14.7 Å². The molecule has 0 radical (unpaired) electrons. The molecule has 0 unspecified atom stereocenters.